The van der Waals surface area contributed by atoms with Gasteiger partial charge in [-0.3, -0.25) is 0 Å². The summed E-state index contributed by atoms with van der Waals surface area (Å²) in [5.41, 5.74) is 2.12. The molecular formula is C18H16BrN3O2. The van der Waals surface area contributed by atoms with E-state index in [1.807, 2.05) is 54.1 Å². The van der Waals surface area contributed by atoms with Crippen LogP contribution in [0.15, 0.2) is 46.9 Å². The van der Waals surface area contributed by atoms with E-state index in [1.54, 1.807) is 0 Å². The third-order valence-electron chi connectivity index (χ3n) is 3.84. The van der Waals surface area contributed by atoms with E-state index in [-0.39, 0.29) is 0 Å². The maximum absolute atomic E-state index is 5.69. The number of hydrogen-bond donors (Lipinski definition) is 0. The molecule has 6 heteroatoms. The van der Waals surface area contributed by atoms with Crippen LogP contribution in [0.1, 0.15) is 11.4 Å². The first-order valence-electron chi connectivity index (χ1n) is 7.75. The third-order valence-corrected chi connectivity index (χ3v) is 4.58. The average molecular weight is 386 g/mol. The van der Waals surface area contributed by atoms with Gasteiger partial charge in [0, 0.05) is 10.0 Å². The Hall–Kier alpha value is -2.34. The van der Waals surface area contributed by atoms with Gasteiger partial charge < -0.3 is 9.47 Å². The van der Waals surface area contributed by atoms with Crippen LogP contribution in [0.3, 0.4) is 0 Å². The van der Waals surface area contributed by atoms with Gasteiger partial charge in [-0.1, -0.05) is 46.3 Å². The zero-order valence-corrected chi connectivity index (χ0v) is 14.8. The lowest BCUT2D eigenvalue weighted by molar-refractivity contribution is 0.171. The zero-order valence-electron chi connectivity index (χ0n) is 13.2. The van der Waals surface area contributed by atoms with Crippen molar-refractivity contribution in [3.63, 3.8) is 0 Å². The lowest BCUT2D eigenvalue weighted by atomic mass is 10.1. The standard InChI is InChI=1S/C18H16BrN3O2/c1-12-20-18(13-5-3-2-4-6-13)22(21-12)11-14-9-16-17(10-15(14)19)24-8-7-23-16/h2-6,9-10H,7-8,11H2,1H3. The topological polar surface area (TPSA) is 49.2 Å². The van der Waals surface area contributed by atoms with Crippen LogP contribution in [0.2, 0.25) is 0 Å². The summed E-state index contributed by atoms with van der Waals surface area (Å²) in [6, 6.07) is 14.0. The predicted molar refractivity (Wildman–Crippen MR) is 94.4 cm³/mol. The Labute approximate surface area is 148 Å². The lowest BCUT2D eigenvalue weighted by Gasteiger charge is -2.20. The second-order valence-corrected chi connectivity index (χ2v) is 6.45. The summed E-state index contributed by atoms with van der Waals surface area (Å²) in [7, 11) is 0. The van der Waals surface area contributed by atoms with E-state index >= 15 is 0 Å². The molecule has 0 aliphatic carbocycles. The number of nitrogens with zero attached hydrogens (tertiary/aromatic N) is 3. The van der Waals surface area contributed by atoms with Crippen LogP contribution in [0, 0.1) is 6.92 Å². The molecule has 5 nitrogen and oxygen atoms in total. The van der Waals surface area contributed by atoms with Crippen molar-refractivity contribution in [3.05, 3.63) is 58.3 Å². The maximum atomic E-state index is 5.69. The summed E-state index contributed by atoms with van der Waals surface area (Å²) >= 11 is 3.62. The summed E-state index contributed by atoms with van der Waals surface area (Å²) in [5, 5.41) is 4.55. The van der Waals surface area contributed by atoms with Crippen molar-refractivity contribution < 1.29 is 9.47 Å². The molecule has 1 aromatic heterocycles. The SMILES string of the molecule is Cc1nc(-c2ccccc2)n(Cc2cc3c(cc2Br)OCCO3)n1. The second-order valence-electron chi connectivity index (χ2n) is 5.59. The fourth-order valence-electron chi connectivity index (χ4n) is 2.76. The number of aromatic nitrogens is 3. The highest BCUT2D eigenvalue weighted by atomic mass is 79.9. The zero-order chi connectivity index (χ0) is 16.5. The number of aryl methyl sites for hydroxylation is 1. The van der Waals surface area contributed by atoms with E-state index in [0.29, 0.717) is 19.8 Å². The average Bonchev–Trinajstić information content (AvgIpc) is 2.97. The molecule has 2 aromatic carbocycles. The van der Waals surface area contributed by atoms with Crippen molar-refractivity contribution in [2.75, 3.05) is 13.2 Å². The Bertz CT molecular complexity index is 877. The van der Waals surface area contributed by atoms with Crippen LogP contribution in [-0.4, -0.2) is 28.0 Å². The van der Waals surface area contributed by atoms with E-state index in [9.17, 15) is 0 Å². The van der Waals surface area contributed by atoms with Gasteiger partial charge in [0.25, 0.3) is 0 Å². The minimum atomic E-state index is 0.575. The van der Waals surface area contributed by atoms with Gasteiger partial charge in [0.1, 0.15) is 19.0 Å². The van der Waals surface area contributed by atoms with Gasteiger partial charge in [0.05, 0.1) is 6.54 Å². The molecule has 3 aromatic rings. The molecule has 24 heavy (non-hydrogen) atoms. The number of ether oxygens (including phenoxy) is 2. The van der Waals surface area contributed by atoms with Crippen LogP contribution in [0.4, 0.5) is 0 Å². The second kappa shape index (κ2) is 6.28. The first-order valence-corrected chi connectivity index (χ1v) is 8.55. The minimum absolute atomic E-state index is 0.575. The molecule has 0 N–H and O–H groups in total. The molecule has 122 valence electrons. The summed E-state index contributed by atoms with van der Waals surface area (Å²) in [6.07, 6.45) is 0. The highest BCUT2D eigenvalue weighted by molar-refractivity contribution is 9.10. The van der Waals surface area contributed by atoms with E-state index in [4.69, 9.17) is 9.47 Å². The van der Waals surface area contributed by atoms with Gasteiger partial charge in [0.2, 0.25) is 0 Å². The van der Waals surface area contributed by atoms with Gasteiger partial charge in [-0.25, -0.2) is 9.67 Å². The van der Waals surface area contributed by atoms with Crippen molar-refractivity contribution >= 4 is 15.9 Å². The largest absolute Gasteiger partial charge is 0.486 e. The molecule has 0 radical (unpaired) electrons. The molecule has 0 saturated heterocycles. The van der Waals surface area contributed by atoms with Crippen molar-refractivity contribution in [1.29, 1.82) is 0 Å². The number of hydrogen-bond acceptors (Lipinski definition) is 4. The molecule has 0 spiro atoms. The Kier molecular flexibility index (Phi) is 3.98. The molecule has 0 unspecified atom stereocenters. The lowest BCUT2D eigenvalue weighted by Crippen LogP contribution is -2.16. The van der Waals surface area contributed by atoms with Gasteiger partial charge in [-0.2, -0.15) is 5.10 Å². The van der Waals surface area contributed by atoms with E-state index in [0.717, 1.165) is 38.7 Å². The maximum Gasteiger partial charge on any atom is 0.162 e. The van der Waals surface area contributed by atoms with Crippen molar-refractivity contribution in [1.82, 2.24) is 14.8 Å². The van der Waals surface area contributed by atoms with Gasteiger partial charge >= 0.3 is 0 Å². The fourth-order valence-corrected chi connectivity index (χ4v) is 3.20. The normalized spacial score (nSPS) is 13.1. The first-order chi connectivity index (χ1) is 11.7. The molecule has 1 aliphatic heterocycles. The molecule has 0 fully saturated rings. The smallest absolute Gasteiger partial charge is 0.162 e. The molecule has 1 aliphatic rings. The summed E-state index contributed by atoms with van der Waals surface area (Å²) < 4.78 is 14.2. The predicted octanol–water partition coefficient (Wildman–Crippen LogP) is 3.84. The molecule has 0 atom stereocenters. The molecule has 0 saturated carbocycles. The van der Waals surface area contributed by atoms with Crippen LogP contribution in [0.5, 0.6) is 11.5 Å². The van der Waals surface area contributed by atoms with Crippen LogP contribution >= 0.6 is 15.9 Å². The number of benzene rings is 2. The molecule has 0 bridgehead atoms. The minimum Gasteiger partial charge on any atom is -0.486 e. The van der Waals surface area contributed by atoms with Crippen molar-refractivity contribution in [2.45, 2.75) is 13.5 Å². The summed E-state index contributed by atoms with van der Waals surface area (Å²) in [5.74, 6) is 3.16. The molecule has 4 rings (SSSR count). The Balaban J connectivity index is 1.72. The number of rotatable bonds is 3. The van der Waals surface area contributed by atoms with Gasteiger partial charge in [-0.15, -0.1) is 0 Å². The van der Waals surface area contributed by atoms with Gasteiger partial charge in [0.15, 0.2) is 17.3 Å². The van der Waals surface area contributed by atoms with Crippen LogP contribution in [0.25, 0.3) is 11.4 Å². The van der Waals surface area contributed by atoms with Crippen molar-refractivity contribution in [2.24, 2.45) is 0 Å². The van der Waals surface area contributed by atoms with E-state index < -0.39 is 0 Å². The molecule has 0 amide bonds. The highest BCUT2D eigenvalue weighted by Gasteiger charge is 2.17. The summed E-state index contributed by atoms with van der Waals surface area (Å²) in [4.78, 5) is 4.57. The van der Waals surface area contributed by atoms with E-state index in [1.165, 1.54) is 0 Å². The number of halogens is 1. The summed E-state index contributed by atoms with van der Waals surface area (Å²) in [6.45, 7) is 3.66. The quantitative estimate of drug-likeness (QED) is 0.687. The number of fused-ring (bicyclic) bond motifs is 1. The molecule has 2 heterocycles. The Morgan fingerprint density at radius 2 is 1.79 bits per heavy atom. The first kappa shape index (κ1) is 15.2. The Morgan fingerprint density at radius 3 is 2.54 bits per heavy atom. The monoisotopic (exact) mass is 385 g/mol. The Morgan fingerprint density at radius 1 is 1.08 bits per heavy atom. The molecular weight excluding hydrogens is 370 g/mol. The fraction of sp³-hybridized carbons (Fsp3) is 0.222. The third kappa shape index (κ3) is 2.89. The van der Waals surface area contributed by atoms with Crippen LogP contribution < -0.4 is 9.47 Å². The van der Waals surface area contributed by atoms with E-state index in [2.05, 4.69) is 26.0 Å². The highest BCUT2D eigenvalue weighted by Crippen LogP contribution is 2.36. The van der Waals surface area contributed by atoms with Crippen LogP contribution in [-0.2, 0) is 6.54 Å². The van der Waals surface area contributed by atoms with Gasteiger partial charge in [-0.05, 0) is 24.6 Å². The van der Waals surface area contributed by atoms with Crippen molar-refractivity contribution in [3.8, 4) is 22.9 Å².